The largest absolute Gasteiger partial charge is 0.486 e. The van der Waals surface area contributed by atoms with Gasteiger partial charge in [0.2, 0.25) is 0 Å². The summed E-state index contributed by atoms with van der Waals surface area (Å²) >= 11 is 5.88. The van der Waals surface area contributed by atoms with E-state index in [4.69, 9.17) is 25.5 Å². The highest BCUT2D eigenvalue weighted by Gasteiger charge is 2.14. The van der Waals surface area contributed by atoms with Crippen LogP contribution in [0.25, 0.3) is 11.8 Å². The molecule has 232 valence electrons. The standard InChI is InChI=1S/C34H27ClN4O7/c1-22-3-4-23(2)38(22)27-10-13-29(14-11-27)44-21-30-15-17-32(45-30)34(41)37-36-20-25-19-28(39(42)43)12-16-31(25)46-33(40)18-7-24-5-8-26(35)9-6-24/h3-20H,21H2,1-2H3,(H,37,41)/b18-7+,36-20+. The van der Waals surface area contributed by atoms with Crippen molar-refractivity contribution < 1.29 is 28.4 Å². The van der Waals surface area contributed by atoms with Gasteiger partial charge in [0.25, 0.3) is 5.69 Å². The average molecular weight is 639 g/mol. The number of benzene rings is 3. The first-order chi connectivity index (χ1) is 22.2. The topological polar surface area (TPSA) is 138 Å². The number of halogens is 1. The van der Waals surface area contributed by atoms with Gasteiger partial charge in [0.15, 0.2) is 5.76 Å². The lowest BCUT2D eigenvalue weighted by Crippen LogP contribution is -2.17. The highest BCUT2D eigenvalue weighted by atomic mass is 35.5. The molecule has 0 fully saturated rings. The number of rotatable bonds is 11. The fourth-order valence-electron chi connectivity index (χ4n) is 4.44. The van der Waals surface area contributed by atoms with Crippen molar-refractivity contribution in [3.05, 3.63) is 146 Å². The number of amides is 1. The van der Waals surface area contributed by atoms with Crippen LogP contribution in [0.4, 0.5) is 5.69 Å². The fraction of sp³-hybridized carbons (Fsp3) is 0.0882. The minimum atomic E-state index is -0.727. The number of hydrazone groups is 1. The predicted octanol–water partition coefficient (Wildman–Crippen LogP) is 7.21. The fourth-order valence-corrected chi connectivity index (χ4v) is 4.56. The highest BCUT2D eigenvalue weighted by Crippen LogP contribution is 2.24. The molecule has 2 heterocycles. The Balaban J connectivity index is 1.18. The first-order valence-corrected chi connectivity index (χ1v) is 14.3. The molecule has 0 saturated heterocycles. The van der Waals surface area contributed by atoms with Crippen LogP contribution >= 0.6 is 11.6 Å². The molecule has 0 aliphatic heterocycles. The minimum absolute atomic E-state index is 0.00144. The van der Waals surface area contributed by atoms with Gasteiger partial charge in [0.05, 0.1) is 11.1 Å². The Morgan fingerprint density at radius 2 is 1.70 bits per heavy atom. The predicted molar refractivity (Wildman–Crippen MR) is 173 cm³/mol. The quantitative estimate of drug-likeness (QED) is 0.0403. The molecule has 46 heavy (non-hydrogen) atoms. The summed E-state index contributed by atoms with van der Waals surface area (Å²) in [6, 6.07) is 25.2. The molecule has 0 aliphatic carbocycles. The molecule has 1 amide bonds. The SMILES string of the molecule is Cc1ccc(C)n1-c1ccc(OCc2ccc(C(=O)N/N=C/c3cc([N+](=O)[O-])ccc3OC(=O)/C=C/c3ccc(Cl)cc3)o2)cc1. The van der Waals surface area contributed by atoms with Gasteiger partial charge >= 0.3 is 11.9 Å². The van der Waals surface area contributed by atoms with Crippen molar-refractivity contribution in [3.8, 4) is 17.2 Å². The van der Waals surface area contributed by atoms with Crippen molar-refractivity contribution >= 4 is 41.5 Å². The Morgan fingerprint density at radius 1 is 0.978 bits per heavy atom. The Morgan fingerprint density at radius 3 is 2.39 bits per heavy atom. The number of hydrogen-bond donors (Lipinski definition) is 1. The van der Waals surface area contributed by atoms with Gasteiger partial charge in [-0.2, -0.15) is 5.10 Å². The number of nitro benzene ring substituents is 1. The summed E-state index contributed by atoms with van der Waals surface area (Å²) in [4.78, 5) is 35.8. The van der Waals surface area contributed by atoms with Gasteiger partial charge in [0.1, 0.15) is 23.9 Å². The molecule has 2 aromatic heterocycles. The number of hydrogen-bond acceptors (Lipinski definition) is 8. The summed E-state index contributed by atoms with van der Waals surface area (Å²) in [5.74, 6) is -0.378. The lowest BCUT2D eigenvalue weighted by molar-refractivity contribution is -0.384. The third kappa shape index (κ3) is 7.96. The Bertz CT molecular complexity index is 1920. The Kier molecular flexibility index (Phi) is 9.74. The Hall–Kier alpha value is -5.94. The molecule has 11 nitrogen and oxygen atoms in total. The van der Waals surface area contributed by atoms with Crippen LogP contribution in [0.3, 0.4) is 0 Å². The molecule has 0 atom stereocenters. The van der Waals surface area contributed by atoms with Crippen LogP contribution in [0.15, 0.2) is 107 Å². The van der Waals surface area contributed by atoms with E-state index in [1.54, 1.807) is 30.3 Å². The van der Waals surface area contributed by atoms with Gasteiger partial charge in [-0.05, 0) is 92.2 Å². The molecule has 0 spiro atoms. The van der Waals surface area contributed by atoms with E-state index in [1.807, 2.05) is 38.1 Å². The lowest BCUT2D eigenvalue weighted by Gasteiger charge is -2.10. The van der Waals surface area contributed by atoms with E-state index >= 15 is 0 Å². The summed E-state index contributed by atoms with van der Waals surface area (Å²) in [5.41, 5.74) is 6.13. The number of carbonyl (C=O) groups is 2. The second kappa shape index (κ2) is 14.2. The number of furan rings is 1. The molecular formula is C34H27ClN4O7. The van der Waals surface area contributed by atoms with E-state index in [2.05, 4.69) is 27.2 Å². The summed E-state index contributed by atoms with van der Waals surface area (Å²) < 4.78 is 18.9. The van der Waals surface area contributed by atoms with Gasteiger partial charge in [0, 0.05) is 45.9 Å². The van der Waals surface area contributed by atoms with E-state index < -0.39 is 16.8 Å². The van der Waals surface area contributed by atoms with Crippen LogP contribution in [0.5, 0.6) is 11.5 Å². The van der Waals surface area contributed by atoms with Crippen LogP contribution < -0.4 is 14.9 Å². The van der Waals surface area contributed by atoms with Gasteiger partial charge in [-0.15, -0.1) is 0 Å². The summed E-state index contributed by atoms with van der Waals surface area (Å²) in [7, 11) is 0. The molecular weight excluding hydrogens is 612 g/mol. The van der Waals surface area contributed by atoms with E-state index in [0.717, 1.165) is 34.9 Å². The minimum Gasteiger partial charge on any atom is -0.486 e. The maximum Gasteiger partial charge on any atom is 0.336 e. The van der Waals surface area contributed by atoms with Crippen molar-refractivity contribution in [2.24, 2.45) is 5.10 Å². The van der Waals surface area contributed by atoms with E-state index in [-0.39, 0.29) is 29.4 Å². The van der Waals surface area contributed by atoms with Crippen molar-refractivity contribution in [2.45, 2.75) is 20.5 Å². The zero-order valence-corrected chi connectivity index (χ0v) is 25.4. The number of carbonyl (C=O) groups excluding carboxylic acids is 2. The van der Waals surface area contributed by atoms with Gasteiger partial charge < -0.3 is 18.5 Å². The number of nitrogens with one attached hydrogen (secondary N) is 1. The second-order valence-corrected chi connectivity index (χ2v) is 10.4. The van der Waals surface area contributed by atoms with Crippen molar-refractivity contribution in [1.82, 2.24) is 9.99 Å². The number of ether oxygens (including phenoxy) is 2. The summed E-state index contributed by atoms with van der Waals surface area (Å²) in [6.45, 7) is 4.17. The molecule has 0 aliphatic rings. The van der Waals surface area contributed by atoms with E-state index in [1.165, 1.54) is 30.4 Å². The average Bonchev–Trinajstić information content (AvgIpc) is 3.66. The van der Waals surface area contributed by atoms with E-state index in [9.17, 15) is 19.7 Å². The summed E-state index contributed by atoms with van der Waals surface area (Å²) in [6.07, 6.45) is 3.86. The first-order valence-electron chi connectivity index (χ1n) is 13.9. The van der Waals surface area contributed by atoms with Crippen molar-refractivity contribution in [1.29, 1.82) is 0 Å². The molecule has 5 aromatic rings. The van der Waals surface area contributed by atoms with Crippen LogP contribution in [0.1, 0.15) is 38.8 Å². The Labute approximate surface area is 268 Å². The second-order valence-electron chi connectivity index (χ2n) is 9.98. The maximum absolute atomic E-state index is 12.6. The van der Waals surface area contributed by atoms with Crippen LogP contribution in [0, 0.1) is 24.0 Å². The van der Waals surface area contributed by atoms with E-state index in [0.29, 0.717) is 16.5 Å². The monoisotopic (exact) mass is 638 g/mol. The molecule has 1 N–H and O–H groups in total. The number of nitro groups is 1. The van der Waals surface area contributed by atoms with Crippen molar-refractivity contribution in [2.75, 3.05) is 0 Å². The van der Waals surface area contributed by atoms with Crippen molar-refractivity contribution in [3.63, 3.8) is 0 Å². The van der Waals surface area contributed by atoms with Gasteiger partial charge in [-0.3, -0.25) is 14.9 Å². The number of esters is 1. The molecule has 12 heteroatoms. The molecule has 0 saturated carbocycles. The van der Waals surface area contributed by atoms with Gasteiger partial charge in [-0.25, -0.2) is 10.2 Å². The molecule has 0 unspecified atom stereocenters. The number of aromatic nitrogens is 1. The zero-order valence-electron chi connectivity index (χ0n) is 24.7. The zero-order chi connectivity index (χ0) is 32.6. The third-order valence-electron chi connectivity index (χ3n) is 6.70. The summed E-state index contributed by atoms with van der Waals surface area (Å²) in [5, 5.41) is 15.7. The number of aryl methyl sites for hydroxylation is 2. The lowest BCUT2D eigenvalue weighted by atomic mass is 10.2. The molecule has 0 radical (unpaired) electrons. The van der Waals surface area contributed by atoms with Crippen LogP contribution in [-0.4, -0.2) is 27.6 Å². The number of non-ortho nitro benzene ring substituents is 1. The molecule has 3 aromatic carbocycles. The first kappa shape index (κ1) is 31.5. The smallest absolute Gasteiger partial charge is 0.336 e. The van der Waals surface area contributed by atoms with Crippen LogP contribution in [0.2, 0.25) is 5.02 Å². The number of nitrogens with zero attached hydrogens (tertiary/aromatic N) is 3. The maximum atomic E-state index is 12.6. The third-order valence-corrected chi connectivity index (χ3v) is 6.95. The highest BCUT2D eigenvalue weighted by molar-refractivity contribution is 6.30. The molecule has 5 rings (SSSR count). The normalized spacial score (nSPS) is 11.2. The van der Waals surface area contributed by atoms with Gasteiger partial charge in [-0.1, -0.05) is 23.7 Å². The molecule has 0 bridgehead atoms. The van der Waals surface area contributed by atoms with Crippen LogP contribution in [-0.2, 0) is 11.4 Å².